The molecule has 0 aliphatic heterocycles. The van der Waals surface area contributed by atoms with Crippen LogP contribution < -0.4 is 0 Å². The molecule has 0 amide bonds. The van der Waals surface area contributed by atoms with E-state index in [2.05, 4.69) is 0 Å². The number of rotatable bonds is 2. The molecule has 4 unspecified atom stereocenters. The van der Waals surface area contributed by atoms with Gasteiger partial charge in [0.05, 0.1) is 17.8 Å². The third kappa shape index (κ3) is 2.33. The van der Waals surface area contributed by atoms with Gasteiger partial charge < -0.3 is 15.3 Å². The van der Waals surface area contributed by atoms with Crippen LogP contribution in [0.15, 0.2) is 24.3 Å². The first-order valence-corrected chi connectivity index (χ1v) is 6.15. The third-order valence-electron chi connectivity index (χ3n) is 3.73. The summed E-state index contributed by atoms with van der Waals surface area (Å²) < 4.78 is 0. The van der Waals surface area contributed by atoms with Crippen LogP contribution in [0.4, 0.5) is 0 Å². The van der Waals surface area contributed by atoms with Crippen molar-refractivity contribution in [2.24, 2.45) is 5.92 Å². The van der Waals surface area contributed by atoms with Crippen molar-refractivity contribution < 1.29 is 15.3 Å². The highest BCUT2D eigenvalue weighted by Crippen LogP contribution is 2.40. The monoisotopic (exact) mass is 256 g/mol. The molecule has 0 heterocycles. The van der Waals surface area contributed by atoms with E-state index in [4.69, 9.17) is 11.6 Å². The molecule has 4 heteroatoms. The molecule has 1 aliphatic carbocycles. The SMILES string of the molecule is CC(O)(c1ccc(Cl)cc1)C1CCC(O)C1O. The number of hydrogen-bond donors (Lipinski definition) is 3. The highest BCUT2D eigenvalue weighted by Gasteiger charge is 2.45. The lowest BCUT2D eigenvalue weighted by Crippen LogP contribution is -2.39. The molecular weight excluding hydrogens is 240 g/mol. The van der Waals surface area contributed by atoms with Crippen LogP contribution in [-0.4, -0.2) is 27.5 Å². The smallest absolute Gasteiger partial charge is 0.0922 e. The summed E-state index contributed by atoms with van der Waals surface area (Å²) in [6.45, 7) is 1.67. The van der Waals surface area contributed by atoms with Crippen LogP contribution in [0.1, 0.15) is 25.3 Å². The molecule has 17 heavy (non-hydrogen) atoms. The van der Waals surface area contributed by atoms with Gasteiger partial charge in [0.25, 0.3) is 0 Å². The summed E-state index contributed by atoms with van der Waals surface area (Å²) in [5.74, 6) is -0.348. The van der Waals surface area contributed by atoms with E-state index in [0.29, 0.717) is 23.4 Å². The van der Waals surface area contributed by atoms with Crippen molar-refractivity contribution in [1.82, 2.24) is 0 Å². The Labute approximate surface area is 106 Å². The van der Waals surface area contributed by atoms with Crippen LogP contribution in [0.3, 0.4) is 0 Å². The second kappa shape index (κ2) is 4.58. The molecule has 3 N–H and O–H groups in total. The molecular formula is C13H17ClO3. The summed E-state index contributed by atoms with van der Waals surface area (Å²) in [5.41, 5.74) is -0.443. The molecule has 2 rings (SSSR count). The van der Waals surface area contributed by atoms with Crippen LogP contribution in [0.5, 0.6) is 0 Å². The Morgan fingerprint density at radius 3 is 2.24 bits per heavy atom. The average molecular weight is 257 g/mol. The quantitative estimate of drug-likeness (QED) is 0.755. The maximum Gasteiger partial charge on any atom is 0.0922 e. The van der Waals surface area contributed by atoms with Crippen molar-refractivity contribution in [3.8, 4) is 0 Å². The minimum absolute atomic E-state index is 0.348. The standard InChI is InChI=1S/C13H17ClO3/c1-13(17,8-2-4-9(14)5-3-8)10-6-7-11(15)12(10)16/h2-5,10-12,15-17H,6-7H2,1H3. The zero-order valence-electron chi connectivity index (χ0n) is 9.68. The van der Waals surface area contributed by atoms with Crippen LogP contribution >= 0.6 is 11.6 Å². The number of benzene rings is 1. The Bertz CT molecular complexity index is 388. The Balaban J connectivity index is 2.26. The van der Waals surface area contributed by atoms with Crippen molar-refractivity contribution in [2.45, 2.75) is 37.6 Å². The van der Waals surface area contributed by atoms with Gasteiger partial charge in [0.1, 0.15) is 0 Å². The van der Waals surface area contributed by atoms with Gasteiger partial charge in [-0.3, -0.25) is 0 Å². The summed E-state index contributed by atoms with van der Waals surface area (Å²) >= 11 is 5.80. The molecule has 0 bridgehead atoms. The Hall–Kier alpha value is -0.610. The second-order valence-corrected chi connectivity index (χ2v) is 5.33. The summed E-state index contributed by atoms with van der Waals surface area (Å²) in [7, 11) is 0. The number of aliphatic hydroxyl groups excluding tert-OH is 2. The lowest BCUT2D eigenvalue weighted by Gasteiger charge is -2.33. The molecule has 1 aromatic rings. The molecule has 3 nitrogen and oxygen atoms in total. The predicted octanol–water partition coefficient (Wildman–Crippen LogP) is 1.68. The fourth-order valence-corrected chi connectivity index (χ4v) is 2.70. The van der Waals surface area contributed by atoms with E-state index in [1.54, 1.807) is 31.2 Å². The molecule has 1 aliphatic rings. The molecule has 94 valence electrons. The highest BCUT2D eigenvalue weighted by atomic mass is 35.5. The average Bonchev–Trinajstić information content (AvgIpc) is 2.61. The van der Waals surface area contributed by atoms with Gasteiger partial charge in [0.2, 0.25) is 0 Å². The van der Waals surface area contributed by atoms with E-state index in [1.807, 2.05) is 0 Å². The number of hydrogen-bond acceptors (Lipinski definition) is 3. The third-order valence-corrected chi connectivity index (χ3v) is 3.98. The molecule has 0 aromatic heterocycles. The van der Waals surface area contributed by atoms with Gasteiger partial charge in [-0.1, -0.05) is 23.7 Å². The molecule has 0 spiro atoms. The lowest BCUT2D eigenvalue weighted by atomic mass is 9.80. The molecule has 1 fully saturated rings. The van der Waals surface area contributed by atoms with Crippen molar-refractivity contribution in [2.75, 3.05) is 0 Å². The summed E-state index contributed by atoms with van der Waals surface area (Å²) in [4.78, 5) is 0. The first-order chi connectivity index (χ1) is 7.93. The first kappa shape index (κ1) is 12.8. The zero-order chi connectivity index (χ0) is 12.6. The van der Waals surface area contributed by atoms with E-state index < -0.39 is 17.8 Å². The topological polar surface area (TPSA) is 60.7 Å². The van der Waals surface area contributed by atoms with Gasteiger partial charge in [-0.15, -0.1) is 0 Å². The minimum Gasteiger partial charge on any atom is -0.390 e. The van der Waals surface area contributed by atoms with Gasteiger partial charge in [-0.2, -0.15) is 0 Å². The fraction of sp³-hybridized carbons (Fsp3) is 0.538. The van der Waals surface area contributed by atoms with Gasteiger partial charge in [0, 0.05) is 10.9 Å². The van der Waals surface area contributed by atoms with Gasteiger partial charge in [0.15, 0.2) is 0 Å². The van der Waals surface area contributed by atoms with E-state index in [0.717, 1.165) is 0 Å². The summed E-state index contributed by atoms with van der Waals surface area (Å²) in [5, 5.41) is 30.6. The van der Waals surface area contributed by atoms with E-state index >= 15 is 0 Å². The summed E-state index contributed by atoms with van der Waals surface area (Å²) in [6.07, 6.45) is -0.479. The largest absolute Gasteiger partial charge is 0.390 e. The maximum atomic E-state index is 10.6. The lowest BCUT2D eigenvalue weighted by molar-refractivity contribution is -0.0740. The maximum absolute atomic E-state index is 10.6. The van der Waals surface area contributed by atoms with E-state index in [9.17, 15) is 15.3 Å². The Morgan fingerprint density at radius 2 is 1.76 bits per heavy atom. The molecule has 0 saturated heterocycles. The second-order valence-electron chi connectivity index (χ2n) is 4.90. The first-order valence-electron chi connectivity index (χ1n) is 5.77. The highest BCUT2D eigenvalue weighted by molar-refractivity contribution is 6.30. The van der Waals surface area contributed by atoms with Crippen molar-refractivity contribution in [3.63, 3.8) is 0 Å². The molecule has 1 aromatic carbocycles. The molecule has 1 saturated carbocycles. The van der Waals surface area contributed by atoms with Crippen molar-refractivity contribution in [3.05, 3.63) is 34.9 Å². The fourth-order valence-electron chi connectivity index (χ4n) is 2.57. The summed E-state index contributed by atoms with van der Waals surface area (Å²) in [6, 6.07) is 6.92. The van der Waals surface area contributed by atoms with Crippen molar-refractivity contribution in [1.29, 1.82) is 0 Å². The molecule has 4 atom stereocenters. The van der Waals surface area contributed by atoms with E-state index in [1.165, 1.54) is 0 Å². The van der Waals surface area contributed by atoms with E-state index in [-0.39, 0.29) is 5.92 Å². The number of aliphatic hydroxyl groups is 3. The normalized spacial score (nSPS) is 32.4. The van der Waals surface area contributed by atoms with Crippen LogP contribution in [-0.2, 0) is 5.60 Å². The van der Waals surface area contributed by atoms with Gasteiger partial charge >= 0.3 is 0 Å². The molecule has 0 radical (unpaired) electrons. The Kier molecular flexibility index (Phi) is 3.46. The Morgan fingerprint density at radius 1 is 1.18 bits per heavy atom. The van der Waals surface area contributed by atoms with Crippen LogP contribution in [0, 0.1) is 5.92 Å². The minimum atomic E-state index is -1.15. The van der Waals surface area contributed by atoms with Crippen LogP contribution in [0.2, 0.25) is 5.02 Å². The van der Waals surface area contributed by atoms with Crippen LogP contribution in [0.25, 0.3) is 0 Å². The van der Waals surface area contributed by atoms with Gasteiger partial charge in [-0.05, 0) is 37.5 Å². The van der Waals surface area contributed by atoms with Crippen molar-refractivity contribution >= 4 is 11.6 Å². The number of halogens is 1. The van der Waals surface area contributed by atoms with Gasteiger partial charge in [-0.25, -0.2) is 0 Å². The predicted molar refractivity (Wildman–Crippen MR) is 65.8 cm³/mol. The zero-order valence-corrected chi connectivity index (χ0v) is 10.4.